The number of carbonyl (C=O) groups is 1. The maximum Gasteiger partial charge on any atom is 0.274 e. The second-order valence-corrected chi connectivity index (χ2v) is 10.3. The summed E-state index contributed by atoms with van der Waals surface area (Å²) in [6, 6.07) is 4.73. The van der Waals surface area contributed by atoms with E-state index < -0.39 is 5.82 Å². The van der Waals surface area contributed by atoms with Gasteiger partial charge in [0.1, 0.15) is 11.5 Å². The van der Waals surface area contributed by atoms with E-state index in [1.807, 2.05) is 11.8 Å². The lowest BCUT2D eigenvalue weighted by Crippen LogP contribution is -2.42. The molecule has 6 nitrogen and oxygen atoms in total. The van der Waals surface area contributed by atoms with Gasteiger partial charge in [0.05, 0.1) is 25.4 Å². The molecule has 1 aliphatic heterocycles. The Balaban J connectivity index is 1.42. The predicted octanol–water partition coefficient (Wildman–Crippen LogP) is 5.18. The minimum atomic E-state index is -0.457. The number of halogens is 3. The van der Waals surface area contributed by atoms with Gasteiger partial charge in [0, 0.05) is 30.5 Å². The molecule has 2 aliphatic rings. The summed E-state index contributed by atoms with van der Waals surface area (Å²) in [7, 11) is 0. The van der Waals surface area contributed by atoms with E-state index in [4.69, 9.17) is 11.6 Å². The van der Waals surface area contributed by atoms with Crippen LogP contribution in [0, 0.1) is 18.7 Å². The minimum Gasteiger partial charge on any atom is -0.352 e. The van der Waals surface area contributed by atoms with Gasteiger partial charge in [-0.15, -0.1) is 11.3 Å². The highest BCUT2D eigenvalue weighted by Crippen LogP contribution is 2.49. The van der Waals surface area contributed by atoms with Crippen LogP contribution in [0.5, 0.6) is 0 Å². The molecule has 1 saturated heterocycles. The molecule has 1 N–H and O–H groups in total. The number of benzene rings is 1. The lowest BCUT2D eigenvalue weighted by molar-refractivity contribution is 0.0704. The zero-order valence-corrected chi connectivity index (χ0v) is 19.6. The summed E-state index contributed by atoms with van der Waals surface area (Å²) >= 11 is 10.9. The number of rotatable bonds is 5. The molecule has 31 heavy (non-hydrogen) atoms. The highest BCUT2D eigenvalue weighted by atomic mass is 79.9. The fraction of sp³-hybridized carbons (Fsp3) is 0.333. The van der Waals surface area contributed by atoms with Crippen molar-refractivity contribution in [1.29, 1.82) is 0 Å². The van der Waals surface area contributed by atoms with Gasteiger partial charge < -0.3 is 10.2 Å². The van der Waals surface area contributed by atoms with Gasteiger partial charge in [-0.05, 0) is 53.7 Å². The third-order valence-corrected chi connectivity index (χ3v) is 7.40. The summed E-state index contributed by atoms with van der Waals surface area (Å²) in [4.78, 5) is 29.0. The van der Waals surface area contributed by atoms with E-state index in [0.717, 1.165) is 17.3 Å². The van der Waals surface area contributed by atoms with Crippen molar-refractivity contribution >= 4 is 50.7 Å². The smallest absolute Gasteiger partial charge is 0.274 e. The third kappa shape index (κ3) is 3.94. The van der Waals surface area contributed by atoms with E-state index in [1.54, 1.807) is 24.5 Å². The molecule has 2 fully saturated rings. The van der Waals surface area contributed by atoms with E-state index in [0.29, 0.717) is 28.3 Å². The lowest BCUT2D eigenvalue weighted by atomic mass is 10.1. The number of fused-ring (bicyclic) bond motifs is 1. The van der Waals surface area contributed by atoms with Gasteiger partial charge >= 0.3 is 0 Å². The molecular weight excluding hydrogens is 505 g/mol. The molecule has 3 atom stereocenters. The molecule has 160 valence electrons. The Kier molecular flexibility index (Phi) is 5.44. The highest BCUT2D eigenvalue weighted by Gasteiger charge is 2.54. The Bertz CT molecular complexity index is 1140. The van der Waals surface area contributed by atoms with Gasteiger partial charge in [0.2, 0.25) is 5.95 Å². The molecule has 0 bridgehead atoms. The summed E-state index contributed by atoms with van der Waals surface area (Å²) in [5, 5.41) is 4.19. The maximum atomic E-state index is 14.6. The summed E-state index contributed by atoms with van der Waals surface area (Å²) in [6.45, 7) is 2.35. The molecule has 1 aliphatic carbocycles. The van der Waals surface area contributed by atoms with Crippen molar-refractivity contribution < 1.29 is 9.18 Å². The molecule has 0 unspecified atom stereocenters. The van der Waals surface area contributed by atoms with Crippen LogP contribution >= 0.6 is 38.9 Å². The first-order chi connectivity index (χ1) is 14.9. The van der Waals surface area contributed by atoms with Gasteiger partial charge in [-0.2, -0.15) is 0 Å². The molecule has 0 radical (unpaired) electrons. The first kappa shape index (κ1) is 20.8. The van der Waals surface area contributed by atoms with Crippen LogP contribution in [-0.4, -0.2) is 44.4 Å². The number of aryl methyl sites for hydroxylation is 1. The number of thiazole rings is 1. The number of aromatic nitrogens is 3. The number of hydrogen-bond acceptors (Lipinski definition) is 6. The molecular formula is C21H18BrClFN5OS. The van der Waals surface area contributed by atoms with Crippen LogP contribution in [0.25, 0.3) is 10.4 Å². The zero-order valence-electron chi connectivity index (χ0n) is 16.5. The van der Waals surface area contributed by atoms with Crippen molar-refractivity contribution in [3.8, 4) is 10.4 Å². The SMILES string of the molecule is Cc1nc(C(=O)N2[C@H](CNc3ncc(Br)cn3)C[C@@H]3C[C@@H]32)c(-c2c(F)cccc2Cl)s1. The Morgan fingerprint density at radius 2 is 2.13 bits per heavy atom. The zero-order chi connectivity index (χ0) is 21.7. The summed E-state index contributed by atoms with van der Waals surface area (Å²) in [5.41, 5.74) is 0.509. The molecule has 1 aromatic carbocycles. The van der Waals surface area contributed by atoms with Gasteiger partial charge in [-0.3, -0.25) is 4.79 Å². The molecule has 0 spiro atoms. The number of nitrogens with zero attached hydrogens (tertiary/aromatic N) is 4. The average molecular weight is 523 g/mol. The Morgan fingerprint density at radius 3 is 2.87 bits per heavy atom. The first-order valence-electron chi connectivity index (χ1n) is 9.88. The molecule has 3 aromatic rings. The standard InChI is InChI=1S/C21H18BrClFN5OS/c1-10-28-18(19(31-10)17-14(23)3-2-4-15(17)24)20(30)29-13(5-11-6-16(11)29)9-27-21-25-7-12(22)8-26-21/h2-4,7-8,11,13,16H,5-6,9H2,1H3,(H,25,26,27)/t11-,13+,16+/m1/s1. The fourth-order valence-electron chi connectivity index (χ4n) is 4.25. The molecule has 2 aromatic heterocycles. The number of nitrogens with one attached hydrogen (secondary N) is 1. The number of anilines is 1. The lowest BCUT2D eigenvalue weighted by Gasteiger charge is -2.27. The molecule has 3 heterocycles. The van der Waals surface area contributed by atoms with Crippen LogP contribution in [0.2, 0.25) is 5.02 Å². The second kappa shape index (κ2) is 8.11. The van der Waals surface area contributed by atoms with Crippen LogP contribution in [0.4, 0.5) is 10.3 Å². The van der Waals surface area contributed by atoms with Crippen molar-refractivity contribution in [3.05, 3.63) is 56.6 Å². The van der Waals surface area contributed by atoms with Crippen molar-refractivity contribution in [2.45, 2.75) is 31.8 Å². The molecule has 1 amide bonds. The van der Waals surface area contributed by atoms with E-state index in [2.05, 4.69) is 36.2 Å². The van der Waals surface area contributed by atoms with Crippen LogP contribution < -0.4 is 5.32 Å². The molecule has 5 rings (SSSR count). The summed E-state index contributed by atoms with van der Waals surface area (Å²) in [5.74, 6) is 0.384. The van der Waals surface area contributed by atoms with Crippen molar-refractivity contribution in [2.24, 2.45) is 5.92 Å². The minimum absolute atomic E-state index is 0.00514. The van der Waals surface area contributed by atoms with Crippen molar-refractivity contribution in [3.63, 3.8) is 0 Å². The summed E-state index contributed by atoms with van der Waals surface area (Å²) in [6.07, 6.45) is 5.26. The maximum absolute atomic E-state index is 14.6. The van der Waals surface area contributed by atoms with Crippen molar-refractivity contribution in [2.75, 3.05) is 11.9 Å². The molecule has 1 saturated carbocycles. The number of piperidine rings is 1. The number of amides is 1. The fourth-order valence-corrected chi connectivity index (χ4v) is 5.74. The molecule has 10 heteroatoms. The highest BCUT2D eigenvalue weighted by molar-refractivity contribution is 9.10. The average Bonchev–Trinajstić information content (AvgIpc) is 3.23. The predicted molar refractivity (Wildman–Crippen MR) is 122 cm³/mol. The van der Waals surface area contributed by atoms with Gasteiger partial charge in [-0.25, -0.2) is 19.3 Å². The van der Waals surface area contributed by atoms with Crippen LogP contribution in [0.1, 0.15) is 28.3 Å². The quantitative estimate of drug-likeness (QED) is 0.500. The van der Waals surface area contributed by atoms with Gasteiger partial charge in [0.25, 0.3) is 5.91 Å². The van der Waals surface area contributed by atoms with E-state index in [-0.39, 0.29) is 34.3 Å². The number of hydrogen-bond donors (Lipinski definition) is 1. The van der Waals surface area contributed by atoms with Gasteiger partial charge in [-0.1, -0.05) is 17.7 Å². The van der Waals surface area contributed by atoms with Crippen LogP contribution in [-0.2, 0) is 0 Å². The van der Waals surface area contributed by atoms with Crippen LogP contribution in [0.15, 0.2) is 35.1 Å². The normalized spacial score (nSPS) is 21.8. The third-order valence-electron chi connectivity index (χ3n) is 5.69. The Hall–Kier alpha value is -2.10. The first-order valence-corrected chi connectivity index (χ1v) is 11.9. The largest absolute Gasteiger partial charge is 0.352 e. The number of carbonyl (C=O) groups excluding carboxylic acids is 1. The topological polar surface area (TPSA) is 71.0 Å². The van der Waals surface area contributed by atoms with E-state index in [1.165, 1.54) is 17.4 Å². The summed E-state index contributed by atoms with van der Waals surface area (Å²) < 4.78 is 15.4. The Morgan fingerprint density at radius 1 is 1.35 bits per heavy atom. The van der Waals surface area contributed by atoms with Crippen LogP contribution in [0.3, 0.4) is 0 Å². The van der Waals surface area contributed by atoms with Crippen molar-refractivity contribution in [1.82, 2.24) is 19.9 Å². The Labute approximate surface area is 196 Å². The number of likely N-dealkylation sites (tertiary alicyclic amines) is 1. The monoisotopic (exact) mass is 521 g/mol. The second-order valence-electron chi connectivity index (χ2n) is 7.78. The van der Waals surface area contributed by atoms with Gasteiger partial charge in [0.15, 0.2) is 0 Å². The van der Waals surface area contributed by atoms with E-state index >= 15 is 0 Å². The van der Waals surface area contributed by atoms with E-state index in [9.17, 15) is 9.18 Å².